The van der Waals surface area contributed by atoms with Gasteiger partial charge in [0.25, 0.3) is 5.91 Å². The van der Waals surface area contributed by atoms with Crippen molar-refractivity contribution >= 4 is 23.7 Å². The Bertz CT molecular complexity index is 665. The van der Waals surface area contributed by atoms with Crippen LogP contribution in [0.5, 0.6) is 0 Å². The number of hydrazone groups is 1. The van der Waals surface area contributed by atoms with Crippen LogP contribution in [0, 0.1) is 13.8 Å². The Kier molecular flexibility index (Phi) is 4.53. The number of amides is 1. The highest BCUT2D eigenvalue weighted by atomic mass is 35.5. The van der Waals surface area contributed by atoms with Gasteiger partial charge in [0.1, 0.15) is 0 Å². The molecule has 0 saturated carbocycles. The summed E-state index contributed by atoms with van der Waals surface area (Å²) in [4.78, 5) is 11.9. The molecule has 1 N–H and O–H groups in total. The SMILES string of the molecule is Cc1ccc(C)c(/C=N/NC(=O)c2cccc(Cl)c2)c1. The van der Waals surface area contributed by atoms with Crippen LogP contribution in [0.4, 0.5) is 0 Å². The summed E-state index contributed by atoms with van der Waals surface area (Å²) in [7, 11) is 0. The number of hydrogen-bond donors (Lipinski definition) is 1. The molecule has 1 amide bonds. The Labute approximate surface area is 123 Å². The van der Waals surface area contributed by atoms with Crippen molar-refractivity contribution in [2.45, 2.75) is 13.8 Å². The molecule has 2 aromatic rings. The number of nitrogens with zero attached hydrogens (tertiary/aromatic N) is 1. The molecule has 2 aromatic carbocycles. The fraction of sp³-hybridized carbons (Fsp3) is 0.125. The average molecular weight is 287 g/mol. The lowest BCUT2D eigenvalue weighted by atomic mass is 10.1. The van der Waals surface area contributed by atoms with Gasteiger partial charge in [0.05, 0.1) is 6.21 Å². The van der Waals surface area contributed by atoms with Crippen molar-refractivity contribution in [1.29, 1.82) is 0 Å². The summed E-state index contributed by atoms with van der Waals surface area (Å²) in [6.45, 7) is 4.01. The molecule has 4 heteroatoms. The minimum absolute atomic E-state index is 0.283. The fourth-order valence-electron chi connectivity index (χ4n) is 1.75. The van der Waals surface area contributed by atoms with Gasteiger partial charge in [-0.2, -0.15) is 5.10 Å². The van der Waals surface area contributed by atoms with E-state index in [1.165, 1.54) is 0 Å². The third-order valence-corrected chi connectivity index (χ3v) is 3.13. The standard InChI is InChI=1S/C16H15ClN2O/c1-11-6-7-12(2)14(8-11)10-18-19-16(20)13-4-3-5-15(17)9-13/h3-10H,1-2H3,(H,19,20)/b18-10+. The zero-order chi connectivity index (χ0) is 14.5. The molecule has 0 heterocycles. The molecule has 2 rings (SSSR count). The molecule has 20 heavy (non-hydrogen) atoms. The van der Waals surface area contributed by atoms with Crippen molar-refractivity contribution in [2.75, 3.05) is 0 Å². The summed E-state index contributed by atoms with van der Waals surface area (Å²) in [5, 5.41) is 4.51. The molecule has 0 atom stereocenters. The molecule has 3 nitrogen and oxygen atoms in total. The average Bonchev–Trinajstić information content (AvgIpc) is 2.42. The van der Waals surface area contributed by atoms with Crippen molar-refractivity contribution in [3.8, 4) is 0 Å². The number of carbonyl (C=O) groups is 1. The van der Waals surface area contributed by atoms with Gasteiger partial charge in [-0.1, -0.05) is 41.4 Å². The highest BCUT2D eigenvalue weighted by Gasteiger charge is 2.04. The molecule has 0 fully saturated rings. The van der Waals surface area contributed by atoms with Gasteiger partial charge in [0.2, 0.25) is 0 Å². The maximum absolute atomic E-state index is 11.9. The third kappa shape index (κ3) is 3.68. The highest BCUT2D eigenvalue weighted by molar-refractivity contribution is 6.30. The number of aryl methyl sites for hydroxylation is 2. The van der Waals surface area contributed by atoms with E-state index < -0.39 is 0 Å². The maximum atomic E-state index is 11.9. The number of nitrogens with one attached hydrogen (secondary N) is 1. The summed E-state index contributed by atoms with van der Waals surface area (Å²) >= 11 is 5.84. The lowest BCUT2D eigenvalue weighted by Crippen LogP contribution is -2.17. The van der Waals surface area contributed by atoms with Gasteiger partial charge in [-0.05, 0) is 43.2 Å². The molecule has 0 aliphatic heterocycles. The van der Waals surface area contributed by atoms with Gasteiger partial charge in [0, 0.05) is 10.6 Å². The van der Waals surface area contributed by atoms with E-state index in [0.717, 1.165) is 16.7 Å². The Hall–Kier alpha value is -2.13. The highest BCUT2D eigenvalue weighted by Crippen LogP contribution is 2.10. The predicted molar refractivity (Wildman–Crippen MR) is 82.4 cm³/mol. The summed E-state index contributed by atoms with van der Waals surface area (Å²) in [6, 6.07) is 12.8. The largest absolute Gasteiger partial charge is 0.271 e. The van der Waals surface area contributed by atoms with E-state index in [2.05, 4.69) is 10.5 Å². The van der Waals surface area contributed by atoms with Crippen LogP contribution < -0.4 is 5.43 Å². The minimum atomic E-state index is -0.283. The van der Waals surface area contributed by atoms with E-state index in [9.17, 15) is 4.79 Å². The van der Waals surface area contributed by atoms with E-state index in [1.54, 1.807) is 30.5 Å². The van der Waals surface area contributed by atoms with Gasteiger partial charge in [-0.15, -0.1) is 0 Å². The number of benzene rings is 2. The van der Waals surface area contributed by atoms with Crippen LogP contribution in [0.15, 0.2) is 47.6 Å². The molecule has 0 aromatic heterocycles. The molecule has 102 valence electrons. The summed E-state index contributed by atoms with van der Waals surface area (Å²) < 4.78 is 0. The molecule has 0 aliphatic rings. The normalized spacial score (nSPS) is 10.8. The molecule has 0 saturated heterocycles. The predicted octanol–water partition coefficient (Wildman–Crippen LogP) is 3.72. The Balaban J connectivity index is 2.06. The van der Waals surface area contributed by atoms with Crippen molar-refractivity contribution in [2.24, 2.45) is 5.10 Å². The summed E-state index contributed by atoms with van der Waals surface area (Å²) in [5.74, 6) is -0.283. The molecular formula is C16H15ClN2O. The minimum Gasteiger partial charge on any atom is -0.267 e. The number of carbonyl (C=O) groups excluding carboxylic acids is 1. The number of rotatable bonds is 3. The zero-order valence-electron chi connectivity index (χ0n) is 11.4. The lowest BCUT2D eigenvalue weighted by Gasteiger charge is -2.02. The first-order valence-corrected chi connectivity index (χ1v) is 6.60. The second kappa shape index (κ2) is 6.35. The second-order valence-electron chi connectivity index (χ2n) is 4.57. The van der Waals surface area contributed by atoms with E-state index in [4.69, 9.17) is 11.6 Å². The Morgan fingerprint density at radius 1 is 1.20 bits per heavy atom. The number of hydrogen-bond acceptors (Lipinski definition) is 2. The molecule has 0 bridgehead atoms. The first kappa shape index (κ1) is 14.3. The van der Waals surface area contributed by atoms with Crippen molar-refractivity contribution in [3.05, 3.63) is 69.7 Å². The van der Waals surface area contributed by atoms with Crippen molar-refractivity contribution in [1.82, 2.24) is 5.43 Å². The monoisotopic (exact) mass is 286 g/mol. The van der Waals surface area contributed by atoms with E-state index in [1.807, 2.05) is 32.0 Å². The maximum Gasteiger partial charge on any atom is 0.271 e. The van der Waals surface area contributed by atoms with E-state index >= 15 is 0 Å². The number of halogens is 1. The van der Waals surface area contributed by atoms with E-state index in [-0.39, 0.29) is 5.91 Å². The van der Waals surface area contributed by atoms with Gasteiger partial charge >= 0.3 is 0 Å². The van der Waals surface area contributed by atoms with Crippen LogP contribution in [-0.4, -0.2) is 12.1 Å². The van der Waals surface area contributed by atoms with Crippen LogP contribution >= 0.6 is 11.6 Å². The molecule has 0 radical (unpaired) electrons. The van der Waals surface area contributed by atoms with Crippen LogP contribution in [0.2, 0.25) is 5.02 Å². The lowest BCUT2D eigenvalue weighted by molar-refractivity contribution is 0.0955. The van der Waals surface area contributed by atoms with Crippen LogP contribution in [0.3, 0.4) is 0 Å². The van der Waals surface area contributed by atoms with Crippen LogP contribution in [-0.2, 0) is 0 Å². The van der Waals surface area contributed by atoms with Gasteiger partial charge in [-0.3, -0.25) is 4.79 Å². The second-order valence-corrected chi connectivity index (χ2v) is 5.01. The van der Waals surface area contributed by atoms with Crippen molar-refractivity contribution < 1.29 is 4.79 Å². The zero-order valence-corrected chi connectivity index (χ0v) is 12.1. The van der Waals surface area contributed by atoms with Gasteiger partial charge in [-0.25, -0.2) is 5.43 Å². The molecule has 0 aliphatic carbocycles. The van der Waals surface area contributed by atoms with E-state index in [0.29, 0.717) is 10.6 Å². The summed E-state index contributed by atoms with van der Waals surface area (Å²) in [6.07, 6.45) is 1.64. The Morgan fingerprint density at radius 2 is 2.00 bits per heavy atom. The third-order valence-electron chi connectivity index (χ3n) is 2.89. The molecular weight excluding hydrogens is 272 g/mol. The summed E-state index contributed by atoms with van der Waals surface area (Å²) in [5.41, 5.74) is 6.22. The molecule has 0 unspecified atom stereocenters. The van der Waals surface area contributed by atoms with Crippen LogP contribution in [0.25, 0.3) is 0 Å². The molecule has 0 spiro atoms. The van der Waals surface area contributed by atoms with Crippen molar-refractivity contribution in [3.63, 3.8) is 0 Å². The topological polar surface area (TPSA) is 41.5 Å². The fourth-order valence-corrected chi connectivity index (χ4v) is 1.94. The Morgan fingerprint density at radius 3 is 2.75 bits per heavy atom. The first-order chi connectivity index (χ1) is 9.56. The van der Waals surface area contributed by atoms with Crippen LogP contribution in [0.1, 0.15) is 27.0 Å². The first-order valence-electron chi connectivity index (χ1n) is 6.22. The quantitative estimate of drug-likeness (QED) is 0.678. The smallest absolute Gasteiger partial charge is 0.267 e. The van der Waals surface area contributed by atoms with Gasteiger partial charge < -0.3 is 0 Å². The van der Waals surface area contributed by atoms with Gasteiger partial charge in [0.15, 0.2) is 0 Å².